The molecule has 0 aromatic heterocycles. The topological polar surface area (TPSA) is 41.6 Å². The van der Waals surface area contributed by atoms with E-state index >= 15 is 0 Å². The molecule has 24 heavy (non-hydrogen) atoms. The number of halogens is 1. The molecule has 0 radical (unpaired) electrons. The van der Waals surface area contributed by atoms with Gasteiger partial charge in [0.2, 0.25) is 5.91 Å². The van der Waals surface area contributed by atoms with E-state index < -0.39 is 0 Å². The van der Waals surface area contributed by atoms with Crippen LogP contribution in [0, 0.1) is 5.92 Å². The van der Waals surface area contributed by atoms with Crippen molar-refractivity contribution in [2.75, 3.05) is 32.8 Å². The third kappa shape index (κ3) is 7.67. The Bertz CT molecular complexity index is 510. The molecular weight excluding hydrogens is 368 g/mol. The van der Waals surface area contributed by atoms with Gasteiger partial charge in [0, 0.05) is 24.0 Å². The fourth-order valence-corrected chi connectivity index (χ4v) is 3.47. The van der Waals surface area contributed by atoms with Gasteiger partial charge in [-0.3, -0.25) is 4.79 Å². The van der Waals surface area contributed by atoms with Crippen LogP contribution in [0.3, 0.4) is 0 Å². The van der Waals surface area contributed by atoms with E-state index in [2.05, 4.69) is 33.1 Å². The number of rotatable bonds is 9. The molecule has 1 amide bonds. The van der Waals surface area contributed by atoms with Crippen molar-refractivity contribution < 1.29 is 9.53 Å². The molecule has 0 aliphatic carbocycles. The minimum Gasteiger partial charge on any atom is -0.494 e. The maximum absolute atomic E-state index is 11.8. The molecule has 1 aliphatic rings. The monoisotopic (exact) mass is 396 g/mol. The molecule has 1 unspecified atom stereocenters. The van der Waals surface area contributed by atoms with Gasteiger partial charge in [-0.05, 0) is 62.9 Å². The van der Waals surface area contributed by atoms with Gasteiger partial charge < -0.3 is 15.0 Å². The molecule has 1 aromatic rings. The van der Waals surface area contributed by atoms with Crippen LogP contribution in [0.1, 0.15) is 39.0 Å². The lowest BCUT2D eigenvalue weighted by Gasteiger charge is -2.30. The lowest BCUT2D eigenvalue weighted by molar-refractivity contribution is -0.121. The van der Waals surface area contributed by atoms with Crippen molar-refractivity contribution in [1.29, 1.82) is 0 Å². The quantitative estimate of drug-likeness (QED) is 0.644. The lowest BCUT2D eigenvalue weighted by atomic mass is 10.0. The highest BCUT2D eigenvalue weighted by atomic mass is 79.9. The molecule has 5 heteroatoms. The van der Waals surface area contributed by atoms with Gasteiger partial charge in [0.15, 0.2) is 0 Å². The standard InChI is InChI=1S/C19H29BrN2O2/c1-16-6-3-11-22(15-16)12-5-10-21-19(23)9-4-13-24-18-8-2-7-17(20)14-18/h2,7-8,14,16H,3-6,9-13,15H2,1H3,(H,21,23). The summed E-state index contributed by atoms with van der Waals surface area (Å²) in [7, 11) is 0. The van der Waals surface area contributed by atoms with Gasteiger partial charge in [-0.1, -0.05) is 28.9 Å². The number of amides is 1. The first-order chi connectivity index (χ1) is 11.6. The third-order valence-corrected chi connectivity index (χ3v) is 4.82. The average molecular weight is 397 g/mol. The van der Waals surface area contributed by atoms with Crippen LogP contribution in [-0.2, 0) is 4.79 Å². The van der Waals surface area contributed by atoms with Gasteiger partial charge in [0.1, 0.15) is 5.75 Å². The third-order valence-electron chi connectivity index (χ3n) is 4.33. The molecule has 4 nitrogen and oxygen atoms in total. The van der Waals surface area contributed by atoms with Gasteiger partial charge in [-0.2, -0.15) is 0 Å². The predicted octanol–water partition coefficient (Wildman–Crippen LogP) is 3.85. The Hall–Kier alpha value is -1.07. The number of nitrogens with one attached hydrogen (secondary N) is 1. The zero-order valence-corrected chi connectivity index (χ0v) is 16.2. The molecule has 1 saturated heterocycles. The van der Waals surface area contributed by atoms with Crippen LogP contribution < -0.4 is 10.1 Å². The zero-order chi connectivity index (χ0) is 17.2. The number of hydrogen-bond donors (Lipinski definition) is 1. The maximum Gasteiger partial charge on any atom is 0.220 e. The SMILES string of the molecule is CC1CCCN(CCCNC(=O)CCCOc2cccc(Br)c2)C1. The second-order valence-corrected chi connectivity index (χ2v) is 7.58. The summed E-state index contributed by atoms with van der Waals surface area (Å²) >= 11 is 3.41. The number of ether oxygens (including phenoxy) is 1. The second-order valence-electron chi connectivity index (χ2n) is 6.66. The van der Waals surface area contributed by atoms with Crippen molar-refractivity contribution in [1.82, 2.24) is 10.2 Å². The predicted molar refractivity (Wildman–Crippen MR) is 101 cm³/mol. The summed E-state index contributed by atoms with van der Waals surface area (Å²) in [6.07, 6.45) is 4.96. The molecule has 1 atom stereocenters. The molecule has 1 N–H and O–H groups in total. The summed E-state index contributed by atoms with van der Waals surface area (Å²) in [6, 6.07) is 7.76. The molecule has 0 bridgehead atoms. The fourth-order valence-electron chi connectivity index (χ4n) is 3.09. The molecule has 1 fully saturated rings. The van der Waals surface area contributed by atoms with Gasteiger partial charge in [-0.25, -0.2) is 0 Å². The van der Waals surface area contributed by atoms with Crippen molar-refractivity contribution in [3.63, 3.8) is 0 Å². The number of likely N-dealkylation sites (tertiary alicyclic amines) is 1. The first-order valence-electron chi connectivity index (χ1n) is 9.01. The summed E-state index contributed by atoms with van der Waals surface area (Å²) in [5.41, 5.74) is 0. The number of nitrogens with zero attached hydrogens (tertiary/aromatic N) is 1. The molecule has 1 heterocycles. The van der Waals surface area contributed by atoms with Gasteiger partial charge in [-0.15, -0.1) is 0 Å². The molecule has 2 rings (SSSR count). The minimum atomic E-state index is 0.125. The highest BCUT2D eigenvalue weighted by molar-refractivity contribution is 9.10. The van der Waals surface area contributed by atoms with Crippen LogP contribution >= 0.6 is 15.9 Å². The van der Waals surface area contributed by atoms with E-state index in [9.17, 15) is 4.79 Å². The van der Waals surface area contributed by atoms with E-state index in [1.54, 1.807) is 0 Å². The Morgan fingerprint density at radius 2 is 2.29 bits per heavy atom. The molecule has 1 aromatic carbocycles. The Morgan fingerprint density at radius 1 is 1.42 bits per heavy atom. The van der Waals surface area contributed by atoms with Crippen LogP contribution in [0.2, 0.25) is 0 Å². The first-order valence-corrected chi connectivity index (χ1v) is 9.80. The van der Waals surface area contributed by atoms with E-state index in [0.29, 0.717) is 13.0 Å². The van der Waals surface area contributed by atoms with E-state index in [1.165, 1.54) is 25.9 Å². The fraction of sp³-hybridized carbons (Fsp3) is 0.632. The molecular formula is C19H29BrN2O2. The number of hydrogen-bond acceptors (Lipinski definition) is 3. The molecule has 1 aliphatic heterocycles. The molecule has 0 spiro atoms. The Kier molecular flexibility index (Phi) is 8.60. The Morgan fingerprint density at radius 3 is 3.08 bits per heavy atom. The van der Waals surface area contributed by atoms with Crippen LogP contribution in [-0.4, -0.2) is 43.6 Å². The van der Waals surface area contributed by atoms with Gasteiger partial charge in [0.05, 0.1) is 6.61 Å². The lowest BCUT2D eigenvalue weighted by Crippen LogP contribution is -2.36. The summed E-state index contributed by atoms with van der Waals surface area (Å²) in [4.78, 5) is 14.3. The van der Waals surface area contributed by atoms with Crippen LogP contribution in [0.25, 0.3) is 0 Å². The van der Waals surface area contributed by atoms with Crippen LogP contribution in [0.5, 0.6) is 5.75 Å². The summed E-state index contributed by atoms with van der Waals surface area (Å²) < 4.78 is 6.64. The van der Waals surface area contributed by atoms with Crippen molar-refractivity contribution in [3.8, 4) is 5.75 Å². The maximum atomic E-state index is 11.8. The second kappa shape index (κ2) is 10.7. The summed E-state index contributed by atoms with van der Waals surface area (Å²) in [5, 5.41) is 3.01. The number of carbonyl (C=O) groups is 1. The number of benzene rings is 1. The molecule has 134 valence electrons. The van der Waals surface area contributed by atoms with Gasteiger partial charge in [0.25, 0.3) is 0 Å². The largest absolute Gasteiger partial charge is 0.494 e. The van der Waals surface area contributed by atoms with Crippen LogP contribution in [0.4, 0.5) is 0 Å². The van der Waals surface area contributed by atoms with Gasteiger partial charge >= 0.3 is 0 Å². The number of piperidine rings is 1. The highest BCUT2D eigenvalue weighted by Gasteiger charge is 2.15. The highest BCUT2D eigenvalue weighted by Crippen LogP contribution is 2.18. The smallest absolute Gasteiger partial charge is 0.220 e. The average Bonchev–Trinajstić information content (AvgIpc) is 2.56. The minimum absolute atomic E-state index is 0.125. The Balaban J connectivity index is 1.48. The van der Waals surface area contributed by atoms with Crippen molar-refractivity contribution >= 4 is 21.8 Å². The van der Waals surface area contributed by atoms with Crippen molar-refractivity contribution in [2.45, 2.75) is 39.0 Å². The first kappa shape index (κ1) is 19.3. The van der Waals surface area contributed by atoms with E-state index in [1.807, 2.05) is 24.3 Å². The molecule has 0 saturated carbocycles. The van der Waals surface area contributed by atoms with E-state index in [4.69, 9.17) is 4.74 Å². The van der Waals surface area contributed by atoms with E-state index in [-0.39, 0.29) is 5.91 Å². The summed E-state index contributed by atoms with van der Waals surface area (Å²) in [6.45, 7) is 7.18. The normalized spacial score (nSPS) is 18.3. The number of carbonyl (C=O) groups excluding carboxylic acids is 1. The van der Waals surface area contributed by atoms with Crippen LogP contribution in [0.15, 0.2) is 28.7 Å². The van der Waals surface area contributed by atoms with Crippen molar-refractivity contribution in [2.24, 2.45) is 5.92 Å². The zero-order valence-electron chi connectivity index (χ0n) is 14.6. The summed E-state index contributed by atoms with van der Waals surface area (Å²) in [5.74, 6) is 1.78. The Labute approximate surface area is 154 Å². The van der Waals surface area contributed by atoms with Crippen molar-refractivity contribution in [3.05, 3.63) is 28.7 Å². The van der Waals surface area contributed by atoms with E-state index in [0.717, 1.165) is 42.1 Å².